The average Bonchev–Trinajstić information content (AvgIpc) is 2.90. The highest BCUT2D eigenvalue weighted by Crippen LogP contribution is 2.24. The number of hydrogen-bond donors (Lipinski definition) is 1. The Morgan fingerprint density at radius 1 is 1.15 bits per heavy atom. The van der Waals surface area contributed by atoms with Crippen LogP contribution in [-0.2, 0) is 6.54 Å². The molecule has 1 heterocycles. The molecule has 20 heavy (non-hydrogen) atoms. The molecule has 0 aliphatic heterocycles. The van der Waals surface area contributed by atoms with E-state index >= 15 is 0 Å². The molecule has 108 valence electrons. The lowest BCUT2D eigenvalue weighted by Crippen LogP contribution is -2.30. The van der Waals surface area contributed by atoms with Crippen LogP contribution < -0.4 is 5.32 Å². The van der Waals surface area contributed by atoms with Crippen LogP contribution in [0.15, 0.2) is 41.0 Å². The lowest BCUT2D eigenvalue weighted by Gasteiger charge is -2.23. The molecule has 3 nitrogen and oxygen atoms in total. The molecule has 5 heteroatoms. The molecule has 1 aromatic heterocycles. The Kier molecular flexibility index (Phi) is 5.49. The average molecular weight is 313 g/mol. The van der Waals surface area contributed by atoms with Crippen LogP contribution in [-0.4, -0.2) is 25.5 Å². The van der Waals surface area contributed by atoms with Gasteiger partial charge in [-0.15, -0.1) is 0 Å². The van der Waals surface area contributed by atoms with Gasteiger partial charge in [-0.3, -0.25) is 4.90 Å². The van der Waals surface area contributed by atoms with Crippen LogP contribution in [0.5, 0.6) is 0 Å². The zero-order chi connectivity index (χ0) is 14.5. The van der Waals surface area contributed by atoms with Crippen LogP contribution in [0.3, 0.4) is 0 Å². The second-order valence-corrected chi connectivity index (χ2v) is 5.64. The second-order valence-electron chi connectivity index (χ2n) is 4.83. The van der Waals surface area contributed by atoms with Crippen molar-refractivity contribution in [2.24, 2.45) is 0 Å². The summed E-state index contributed by atoms with van der Waals surface area (Å²) in [4.78, 5) is 2.11. The van der Waals surface area contributed by atoms with Crippen molar-refractivity contribution < 1.29 is 4.42 Å². The summed E-state index contributed by atoms with van der Waals surface area (Å²) >= 11 is 12.3. The Morgan fingerprint density at radius 2 is 1.85 bits per heavy atom. The molecule has 0 spiro atoms. The van der Waals surface area contributed by atoms with Crippen LogP contribution in [0.1, 0.15) is 17.4 Å². The standard InChI is InChI=1S/C15H18Cl2N2O/c1-19(2)14(15-7-4-8-20-15)10-18-9-11-12(16)5-3-6-13(11)17/h3-8,14,18H,9-10H2,1-2H3. The maximum absolute atomic E-state index is 6.15. The third-order valence-corrected chi connectivity index (χ3v) is 3.90. The molecule has 1 aromatic carbocycles. The summed E-state index contributed by atoms with van der Waals surface area (Å²) < 4.78 is 5.47. The minimum absolute atomic E-state index is 0.172. The Bertz CT molecular complexity index is 521. The maximum atomic E-state index is 6.15. The molecule has 0 saturated carbocycles. The van der Waals surface area contributed by atoms with Crippen molar-refractivity contribution in [2.45, 2.75) is 12.6 Å². The summed E-state index contributed by atoms with van der Waals surface area (Å²) in [6.07, 6.45) is 1.69. The van der Waals surface area contributed by atoms with Crippen LogP contribution in [0, 0.1) is 0 Å². The summed E-state index contributed by atoms with van der Waals surface area (Å²) in [5.74, 6) is 0.938. The number of nitrogens with zero attached hydrogens (tertiary/aromatic N) is 1. The molecule has 0 bridgehead atoms. The van der Waals surface area contributed by atoms with E-state index in [1.165, 1.54) is 0 Å². The first kappa shape index (κ1) is 15.4. The van der Waals surface area contributed by atoms with Gasteiger partial charge in [-0.1, -0.05) is 29.3 Å². The number of nitrogens with one attached hydrogen (secondary N) is 1. The third-order valence-electron chi connectivity index (χ3n) is 3.20. The highest BCUT2D eigenvalue weighted by molar-refractivity contribution is 6.35. The number of benzene rings is 1. The lowest BCUT2D eigenvalue weighted by atomic mass is 10.2. The zero-order valence-electron chi connectivity index (χ0n) is 11.6. The fourth-order valence-electron chi connectivity index (χ4n) is 2.05. The first-order valence-electron chi connectivity index (χ1n) is 6.43. The largest absolute Gasteiger partial charge is 0.468 e. The predicted molar refractivity (Wildman–Crippen MR) is 83.3 cm³/mol. The van der Waals surface area contributed by atoms with Gasteiger partial charge in [0, 0.05) is 28.7 Å². The van der Waals surface area contributed by atoms with Gasteiger partial charge in [0.25, 0.3) is 0 Å². The van der Waals surface area contributed by atoms with Gasteiger partial charge in [0.1, 0.15) is 5.76 Å². The van der Waals surface area contributed by atoms with Gasteiger partial charge < -0.3 is 9.73 Å². The topological polar surface area (TPSA) is 28.4 Å². The first-order chi connectivity index (χ1) is 9.59. The molecule has 0 radical (unpaired) electrons. The molecule has 1 atom stereocenters. The van der Waals surface area contributed by atoms with Crippen molar-refractivity contribution in [2.75, 3.05) is 20.6 Å². The molecule has 2 aromatic rings. The number of furan rings is 1. The van der Waals surface area contributed by atoms with E-state index in [-0.39, 0.29) is 6.04 Å². The second kappa shape index (κ2) is 7.14. The Hall–Kier alpha value is -1.00. The molecule has 2 rings (SSSR count). The van der Waals surface area contributed by atoms with E-state index in [1.807, 2.05) is 44.4 Å². The molecule has 0 saturated heterocycles. The lowest BCUT2D eigenvalue weighted by molar-refractivity contribution is 0.250. The van der Waals surface area contributed by atoms with Gasteiger partial charge in [-0.25, -0.2) is 0 Å². The van der Waals surface area contributed by atoms with Crippen molar-refractivity contribution >= 4 is 23.2 Å². The predicted octanol–water partition coefficient (Wildman–Crippen LogP) is 3.98. The number of hydrogen-bond acceptors (Lipinski definition) is 3. The summed E-state index contributed by atoms with van der Waals surface area (Å²) in [6.45, 7) is 1.38. The molecule has 0 aliphatic carbocycles. The fraction of sp³-hybridized carbons (Fsp3) is 0.333. The van der Waals surface area contributed by atoms with Gasteiger partial charge in [0.05, 0.1) is 12.3 Å². The van der Waals surface area contributed by atoms with Gasteiger partial charge >= 0.3 is 0 Å². The van der Waals surface area contributed by atoms with E-state index in [4.69, 9.17) is 27.6 Å². The highest BCUT2D eigenvalue weighted by Gasteiger charge is 2.16. The highest BCUT2D eigenvalue weighted by atomic mass is 35.5. The minimum Gasteiger partial charge on any atom is -0.468 e. The number of likely N-dealkylation sites (N-methyl/N-ethyl adjacent to an activating group) is 1. The summed E-state index contributed by atoms with van der Waals surface area (Å²) in [5.41, 5.74) is 0.924. The van der Waals surface area contributed by atoms with Crippen molar-refractivity contribution in [1.82, 2.24) is 10.2 Å². The van der Waals surface area contributed by atoms with Crippen molar-refractivity contribution in [3.63, 3.8) is 0 Å². The normalized spacial score (nSPS) is 12.8. The van der Waals surface area contributed by atoms with E-state index in [1.54, 1.807) is 6.26 Å². The smallest absolute Gasteiger partial charge is 0.122 e. The Balaban J connectivity index is 1.97. The zero-order valence-corrected chi connectivity index (χ0v) is 13.1. The molecular weight excluding hydrogens is 295 g/mol. The first-order valence-corrected chi connectivity index (χ1v) is 7.18. The summed E-state index contributed by atoms with van der Waals surface area (Å²) in [7, 11) is 4.05. The molecule has 1 N–H and O–H groups in total. The molecular formula is C15H18Cl2N2O. The van der Waals surface area contributed by atoms with Gasteiger partial charge in [-0.05, 0) is 38.4 Å². The van der Waals surface area contributed by atoms with Crippen LogP contribution in [0.4, 0.5) is 0 Å². The Labute approximate surface area is 129 Å². The van der Waals surface area contributed by atoms with Crippen LogP contribution in [0.2, 0.25) is 10.0 Å². The van der Waals surface area contributed by atoms with Crippen LogP contribution in [0.25, 0.3) is 0 Å². The minimum atomic E-state index is 0.172. The van der Waals surface area contributed by atoms with E-state index in [9.17, 15) is 0 Å². The molecule has 1 unspecified atom stereocenters. The Morgan fingerprint density at radius 3 is 2.40 bits per heavy atom. The molecule has 0 aliphatic rings. The molecule has 0 fully saturated rings. The van der Waals surface area contributed by atoms with Crippen molar-refractivity contribution in [3.05, 3.63) is 58.0 Å². The SMILES string of the molecule is CN(C)C(CNCc1c(Cl)cccc1Cl)c1ccco1. The van der Waals surface area contributed by atoms with Crippen molar-refractivity contribution in [3.8, 4) is 0 Å². The van der Waals surface area contributed by atoms with E-state index in [0.29, 0.717) is 16.6 Å². The number of rotatable bonds is 6. The van der Waals surface area contributed by atoms with Gasteiger partial charge in [0.15, 0.2) is 0 Å². The molecule has 0 amide bonds. The third kappa shape index (κ3) is 3.76. The number of halogens is 2. The van der Waals surface area contributed by atoms with E-state index in [0.717, 1.165) is 17.9 Å². The van der Waals surface area contributed by atoms with Crippen molar-refractivity contribution in [1.29, 1.82) is 0 Å². The quantitative estimate of drug-likeness (QED) is 0.874. The van der Waals surface area contributed by atoms with E-state index in [2.05, 4.69) is 10.2 Å². The van der Waals surface area contributed by atoms with E-state index < -0.39 is 0 Å². The monoisotopic (exact) mass is 312 g/mol. The summed E-state index contributed by atoms with van der Waals surface area (Å²) in [6, 6.07) is 9.60. The van der Waals surface area contributed by atoms with Gasteiger partial charge in [-0.2, -0.15) is 0 Å². The fourth-order valence-corrected chi connectivity index (χ4v) is 2.58. The maximum Gasteiger partial charge on any atom is 0.122 e. The van der Waals surface area contributed by atoms with Gasteiger partial charge in [0.2, 0.25) is 0 Å². The van der Waals surface area contributed by atoms with Crippen LogP contribution >= 0.6 is 23.2 Å². The summed E-state index contributed by atoms with van der Waals surface area (Å²) in [5, 5.41) is 4.75.